The molecule has 0 unspecified atom stereocenters. The molecule has 2 amide bonds. The first-order valence-electron chi connectivity index (χ1n) is 14.6. The normalized spacial score (nSPS) is 29.7. The fourth-order valence-corrected chi connectivity index (χ4v) is 6.92. The highest BCUT2D eigenvalue weighted by molar-refractivity contribution is 6.48. The maximum Gasteiger partial charge on any atom is 0.481 e. The molecule has 4 fully saturated rings. The molecule has 4 aliphatic rings. The van der Waals surface area contributed by atoms with Gasteiger partial charge in [-0.15, -0.1) is 0 Å². The van der Waals surface area contributed by atoms with Gasteiger partial charge in [-0.3, -0.25) is 9.59 Å². The minimum atomic E-state index is -1.09. The third-order valence-corrected chi connectivity index (χ3v) is 9.44. The van der Waals surface area contributed by atoms with Gasteiger partial charge in [-0.05, 0) is 86.8 Å². The largest absolute Gasteiger partial charge is 0.481 e. The standard InChI is InChI=1S/C30H47BN2O5/c1-8-9-10-20-11-13-21(14-12-20)27(35)33-26(19(4)34)28(36)32-25(15-18(2)3)31-37-24-17-22-16-23(29(22,5)6)30(24,7)38-31/h11-14,18-19,22-26,34H,8-10,15-17H2,1-7H3,(H,32,36)(H,33,35)/t19-,22-,23-,24-,25+,26+,30+/m1/s1. The van der Waals surface area contributed by atoms with Crippen molar-refractivity contribution in [2.45, 2.75) is 117 Å². The molecule has 1 aliphatic heterocycles. The minimum Gasteiger partial charge on any atom is -0.404 e. The molecule has 7 atom stereocenters. The van der Waals surface area contributed by atoms with Crippen LogP contribution in [-0.2, 0) is 20.5 Å². The van der Waals surface area contributed by atoms with Gasteiger partial charge in [-0.25, -0.2) is 0 Å². The number of aliphatic hydroxyl groups is 1. The van der Waals surface area contributed by atoms with Gasteiger partial charge in [-0.1, -0.05) is 53.2 Å². The molecule has 1 aromatic rings. The molecule has 1 aromatic carbocycles. The summed E-state index contributed by atoms with van der Waals surface area (Å²) in [7, 11) is -0.562. The van der Waals surface area contributed by atoms with Gasteiger partial charge < -0.3 is 25.0 Å². The van der Waals surface area contributed by atoms with E-state index in [9.17, 15) is 14.7 Å². The molecule has 3 N–H and O–H groups in total. The summed E-state index contributed by atoms with van der Waals surface area (Å²) in [4.78, 5) is 26.4. The average Bonchev–Trinajstić information content (AvgIpc) is 3.22. The van der Waals surface area contributed by atoms with Crippen LogP contribution in [-0.4, -0.2) is 53.8 Å². The number of rotatable bonds is 11. The maximum absolute atomic E-state index is 13.4. The lowest BCUT2D eigenvalue weighted by Crippen LogP contribution is -2.65. The molecule has 38 heavy (non-hydrogen) atoms. The number of unbranched alkanes of at least 4 members (excludes halogenated alkanes) is 1. The van der Waals surface area contributed by atoms with E-state index in [0.717, 1.165) is 32.1 Å². The van der Waals surface area contributed by atoms with E-state index in [2.05, 4.69) is 52.2 Å². The van der Waals surface area contributed by atoms with E-state index in [1.165, 1.54) is 12.5 Å². The number of benzene rings is 1. The zero-order valence-electron chi connectivity index (χ0n) is 24.3. The van der Waals surface area contributed by atoms with Crippen molar-refractivity contribution in [1.29, 1.82) is 0 Å². The zero-order valence-corrected chi connectivity index (χ0v) is 24.3. The van der Waals surface area contributed by atoms with E-state index < -0.39 is 25.2 Å². The van der Waals surface area contributed by atoms with Crippen molar-refractivity contribution in [1.82, 2.24) is 10.6 Å². The maximum atomic E-state index is 13.4. The topological polar surface area (TPSA) is 96.9 Å². The SMILES string of the molecule is CCCCc1ccc(C(=O)N[C@H](C(=O)N[C@@H](CC(C)C)B2O[C@@H]3C[C@H]4C[C@H](C4(C)C)[C@]3(C)O2)[C@@H](C)O)cc1. The van der Waals surface area contributed by atoms with Gasteiger partial charge in [0.15, 0.2) is 0 Å². The third kappa shape index (κ3) is 5.68. The number of hydrogen-bond donors (Lipinski definition) is 3. The predicted octanol–water partition coefficient (Wildman–Crippen LogP) is 4.31. The molecule has 7 nitrogen and oxygen atoms in total. The summed E-state index contributed by atoms with van der Waals surface area (Å²) in [6.07, 6.45) is 4.93. The van der Waals surface area contributed by atoms with E-state index in [4.69, 9.17) is 9.31 Å². The number of carbonyl (C=O) groups is 2. The average molecular weight is 527 g/mol. The van der Waals surface area contributed by atoms with E-state index in [0.29, 0.717) is 29.7 Å². The Kier molecular flexibility index (Phi) is 8.65. The van der Waals surface area contributed by atoms with Gasteiger partial charge in [0.1, 0.15) is 6.04 Å². The Morgan fingerprint density at radius 1 is 1.11 bits per heavy atom. The first-order valence-corrected chi connectivity index (χ1v) is 14.6. The summed E-state index contributed by atoms with van der Waals surface area (Å²) < 4.78 is 13.1. The van der Waals surface area contributed by atoms with Gasteiger partial charge in [0, 0.05) is 5.56 Å². The molecule has 8 heteroatoms. The number of amides is 2. The Morgan fingerprint density at radius 3 is 2.37 bits per heavy atom. The van der Waals surface area contributed by atoms with Gasteiger partial charge in [0.05, 0.1) is 23.8 Å². The molecular weight excluding hydrogens is 479 g/mol. The summed E-state index contributed by atoms with van der Waals surface area (Å²) in [5, 5.41) is 16.3. The van der Waals surface area contributed by atoms with Crippen molar-refractivity contribution >= 4 is 18.9 Å². The molecule has 0 spiro atoms. The Hall–Kier alpha value is -1.90. The van der Waals surface area contributed by atoms with Gasteiger partial charge in [0.2, 0.25) is 5.91 Å². The smallest absolute Gasteiger partial charge is 0.404 e. The first-order chi connectivity index (χ1) is 17.9. The van der Waals surface area contributed by atoms with Gasteiger partial charge in [-0.2, -0.15) is 0 Å². The number of hydrogen-bond acceptors (Lipinski definition) is 5. The molecule has 1 saturated heterocycles. The molecule has 3 aliphatic carbocycles. The zero-order chi connectivity index (χ0) is 27.8. The Labute approximate surface area is 229 Å². The molecule has 1 heterocycles. The molecule has 3 saturated carbocycles. The lowest BCUT2D eigenvalue weighted by atomic mass is 9.43. The van der Waals surface area contributed by atoms with Crippen LogP contribution in [0.4, 0.5) is 0 Å². The lowest BCUT2D eigenvalue weighted by molar-refractivity contribution is -0.199. The summed E-state index contributed by atoms with van der Waals surface area (Å²) >= 11 is 0. The van der Waals surface area contributed by atoms with Crippen LogP contribution in [0.2, 0.25) is 0 Å². The highest BCUT2D eigenvalue weighted by atomic mass is 16.7. The number of carbonyl (C=O) groups excluding carboxylic acids is 2. The quantitative estimate of drug-likeness (QED) is 0.374. The summed E-state index contributed by atoms with van der Waals surface area (Å²) in [6.45, 7) is 14.7. The highest BCUT2D eigenvalue weighted by Gasteiger charge is 2.68. The van der Waals surface area contributed by atoms with E-state index in [1.54, 1.807) is 12.1 Å². The molecular formula is C30H47BN2O5. The Balaban J connectivity index is 1.43. The van der Waals surface area contributed by atoms with E-state index in [-0.39, 0.29) is 29.0 Å². The fourth-order valence-electron chi connectivity index (χ4n) is 6.92. The van der Waals surface area contributed by atoms with Crippen LogP contribution in [0.5, 0.6) is 0 Å². The van der Waals surface area contributed by atoms with Crippen LogP contribution in [0.3, 0.4) is 0 Å². The van der Waals surface area contributed by atoms with Crippen LogP contribution in [0, 0.1) is 23.2 Å². The molecule has 5 rings (SSSR count). The van der Waals surface area contributed by atoms with Crippen molar-refractivity contribution in [3.63, 3.8) is 0 Å². The second-order valence-corrected chi connectivity index (χ2v) is 13.1. The van der Waals surface area contributed by atoms with Crippen molar-refractivity contribution in [3.05, 3.63) is 35.4 Å². The first kappa shape index (κ1) is 29.1. The van der Waals surface area contributed by atoms with Crippen LogP contribution >= 0.6 is 0 Å². The molecule has 0 radical (unpaired) electrons. The van der Waals surface area contributed by atoms with Gasteiger partial charge in [0.25, 0.3) is 5.91 Å². The summed E-state index contributed by atoms with van der Waals surface area (Å²) in [5.41, 5.74) is 1.50. The lowest BCUT2D eigenvalue weighted by Gasteiger charge is -2.64. The van der Waals surface area contributed by atoms with Crippen LogP contribution in [0.15, 0.2) is 24.3 Å². The second kappa shape index (κ2) is 11.3. The van der Waals surface area contributed by atoms with Crippen LogP contribution < -0.4 is 10.6 Å². The molecule has 210 valence electrons. The van der Waals surface area contributed by atoms with Gasteiger partial charge >= 0.3 is 7.12 Å². The summed E-state index contributed by atoms with van der Waals surface area (Å²) in [5.74, 6) is 0.150. The third-order valence-electron chi connectivity index (χ3n) is 9.44. The van der Waals surface area contributed by atoms with E-state index in [1.807, 2.05) is 12.1 Å². The second-order valence-electron chi connectivity index (χ2n) is 13.1. The highest BCUT2D eigenvalue weighted by Crippen LogP contribution is 2.65. The van der Waals surface area contributed by atoms with Crippen molar-refractivity contribution in [2.75, 3.05) is 0 Å². The van der Waals surface area contributed by atoms with Crippen LogP contribution in [0.1, 0.15) is 96.5 Å². The minimum absolute atomic E-state index is 0.0170. The van der Waals surface area contributed by atoms with Crippen molar-refractivity contribution < 1.29 is 24.0 Å². The summed E-state index contributed by atoms with van der Waals surface area (Å²) in [6, 6.07) is 6.34. The van der Waals surface area contributed by atoms with Crippen molar-refractivity contribution in [3.8, 4) is 0 Å². The van der Waals surface area contributed by atoms with Crippen molar-refractivity contribution in [2.24, 2.45) is 23.2 Å². The monoisotopic (exact) mass is 526 g/mol. The molecule has 0 aromatic heterocycles. The van der Waals surface area contributed by atoms with E-state index >= 15 is 0 Å². The fraction of sp³-hybridized carbons (Fsp3) is 0.733. The number of nitrogens with one attached hydrogen (secondary N) is 2. The predicted molar refractivity (Wildman–Crippen MR) is 149 cm³/mol. The number of aliphatic hydroxyl groups excluding tert-OH is 1. The Bertz CT molecular complexity index is 997. The molecule has 2 bridgehead atoms. The number of aryl methyl sites for hydroxylation is 1. The Morgan fingerprint density at radius 2 is 1.79 bits per heavy atom. The van der Waals surface area contributed by atoms with Crippen LogP contribution in [0.25, 0.3) is 0 Å².